The minimum Gasteiger partial charge on any atom is -0.283 e. The van der Waals surface area contributed by atoms with E-state index in [4.69, 9.17) is 4.98 Å². The second-order valence-corrected chi connectivity index (χ2v) is 8.42. The van der Waals surface area contributed by atoms with E-state index in [2.05, 4.69) is 20.4 Å². The first kappa shape index (κ1) is 15.5. The Balaban J connectivity index is 2.27. The molecule has 114 valence electrons. The number of allylic oxidation sites excluding steroid dienone is 1. The van der Waals surface area contributed by atoms with E-state index in [1.807, 2.05) is 22.9 Å². The SMILES string of the molecule is C=CCn1c(SC(C)C)nc2scc(-c3cccs3)c2c1=O. The average molecular weight is 349 g/mol. The maximum absolute atomic E-state index is 13.0. The molecule has 22 heavy (non-hydrogen) atoms. The van der Waals surface area contributed by atoms with Crippen LogP contribution in [0.1, 0.15) is 13.8 Å². The molecule has 0 saturated carbocycles. The molecule has 0 atom stereocenters. The average Bonchev–Trinajstić information content (AvgIpc) is 3.10. The summed E-state index contributed by atoms with van der Waals surface area (Å²) in [6.07, 6.45) is 1.75. The fourth-order valence-corrected chi connectivity index (χ4v) is 4.87. The quantitative estimate of drug-likeness (QED) is 0.375. The van der Waals surface area contributed by atoms with Crippen LogP contribution in [0.2, 0.25) is 0 Å². The van der Waals surface area contributed by atoms with Crippen LogP contribution in [0, 0.1) is 0 Å². The summed E-state index contributed by atoms with van der Waals surface area (Å²) in [5.74, 6) is 0. The van der Waals surface area contributed by atoms with E-state index in [9.17, 15) is 4.79 Å². The van der Waals surface area contributed by atoms with Crippen molar-refractivity contribution in [2.75, 3.05) is 0 Å². The van der Waals surface area contributed by atoms with E-state index < -0.39 is 0 Å². The highest BCUT2D eigenvalue weighted by Gasteiger charge is 2.17. The molecule has 0 aliphatic carbocycles. The number of rotatable bonds is 5. The number of hydrogen-bond acceptors (Lipinski definition) is 5. The van der Waals surface area contributed by atoms with Gasteiger partial charge in [-0.15, -0.1) is 29.3 Å². The van der Waals surface area contributed by atoms with Gasteiger partial charge >= 0.3 is 0 Å². The molecule has 3 nitrogen and oxygen atoms in total. The van der Waals surface area contributed by atoms with Gasteiger partial charge in [-0.05, 0) is 11.4 Å². The molecule has 0 bridgehead atoms. The molecule has 0 radical (unpaired) electrons. The van der Waals surface area contributed by atoms with Gasteiger partial charge in [0, 0.05) is 27.6 Å². The fraction of sp³-hybridized carbons (Fsp3) is 0.250. The molecular weight excluding hydrogens is 332 g/mol. The lowest BCUT2D eigenvalue weighted by atomic mass is 10.2. The Labute approximate surface area is 141 Å². The highest BCUT2D eigenvalue weighted by molar-refractivity contribution is 7.99. The minimum absolute atomic E-state index is 0.0256. The third-order valence-corrected chi connectivity index (χ3v) is 5.87. The summed E-state index contributed by atoms with van der Waals surface area (Å²) in [5.41, 5.74) is 1.02. The van der Waals surface area contributed by atoms with Crippen LogP contribution in [0.25, 0.3) is 20.7 Å². The number of hydrogen-bond donors (Lipinski definition) is 0. The Hall–Kier alpha value is -1.37. The van der Waals surface area contributed by atoms with Crippen molar-refractivity contribution in [3.8, 4) is 10.4 Å². The number of nitrogens with zero attached hydrogens (tertiary/aromatic N) is 2. The van der Waals surface area contributed by atoms with Gasteiger partial charge in [-0.3, -0.25) is 9.36 Å². The predicted octanol–water partition coefficient (Wildman–Crippen LogP) is 4.87. The van der Waals surface area contributed by atoms with Crippen molar-refractivity contribution in [1.29, 1.82) is 0 Å². The lowest BCUT2D eigenvalue weighted by molar-refractivity contribution is 0.671. The van der Waals surface area contributed by atoms with Gasteiger partial charge in [-0.1, -0.05) is 37.8 Å². The van der Waals surface area contributed by atoms with E-state index in [0.29, 0.717) is 11.8 Å². The maximum Gasteiger partial charge on any atom is 0.263 e. The number of fused-ring (bicyclic) bond motifs is 1. The lowest BCUT2D eigenvalue weighted by Gasteiger charge is -2.12. The summed E-state index contributed by atoms with van der Waals surface area (Å²) in [5, 5.41) is 5.93. The smallest absolute Gasteiger partial charge is 0.263 e. The lowest BCUT2D eigenvalue weighted by Crippen LogP contribution is -2.23. The molecule has 6 heteroatoms. The summed E-state index contributed by atoms with van der Waals surface area (Å²) >= 11 is 4.80. The maximum atomic E-state index is 13.0. The third-order valence-electron chi connectivity index (χ3n) is 3.10. The van der Waals surface area contributed by atoms with Crippen LogP contribution in [-0.2, 0) is 6.54 Å². The first-order valence-corrected chi connectivity index (χ1v) is 9.59. The largest absolute Gasteiger partial charge is 0.283 e. The Morgan fingerprint density at radius 2 is 2.27 bits per heavy atom. The molecule has 0 N–H and O–H groups in total. The highest BCUT2D eigenvalue weighted by atomic mass is 32.2. The first-order chi connectivity index (χ1) is 10.6. The molecule has 3 aromatic rings. The van der Waals surface area contributed by atoms with Gasteiger partial charge in [-0.25, -0.2) is 4.98 Å². The summed E-state index contributed by atoms with van der Waals surface area (Å²) in [4.78, 5) is 19.6. The van der Waals surface area contributed by atoms with E-state index in [-0.39, 0.29) is 5.56 Å². The van der Waals surface area contributed by atoms with E-state index in [0.717, 1.165) is 25.8 Å². The van der Waals surface area contributed by atoms with Gasteiger partial charge in [0.05, 0.1) is 5.39 Å². The summed E-state index contributed by atoms with van der Waals surface area (Å²) in [6, 6.07) is 4.04. The van der Waals surface area contributed by atoms with Crippen molar-refractivity contribution in [2.45, 2.75) is 30.8 Å². The molecule has 3 aromatic heterocycles. The van der Waals surface area contributed by atoms with Gasteiger partial charge in [0.1, 0.15) is 4.83 Å². The van der Waals surface area contributed by atoms with Crippen molar-refractivity contribution in [3.05, 3.63) is 45.9 Å². The zero-order chi connectivity index (χ0) is 15.7. The van der Waals surface area contributed by atoms with Crippen LogP contribution >= 0.6 is 34.4 Å². The normalized spacial score (nSPS) is 11.4. The van der Waals surface area contributed by atoms with E-state index in [1.165, 1.54) is 11.3 Å². The standard InChI is InChI=1S/C16H16N2OS3/c1-4-7-18-15(19)13-11(12-6-5-8-20-12)9-21-14(13)17-16(18)22-10(2)3/h4-6,8-10H,1,7H2,2-3H3. The van der Waals surface area contributed by atoms with Gasteiger partial charge in [0.15, 0.2) is 5.16 Å². The summed E-state index contributed by atoms with van der Waals surface area (Å²) in [7, 11) is 0. The number of aromatic nitrogens is 2. The van der Waals surface area contributed by atoms with E-state index >= 15 is 0 Å². The topological polar surface area (TPSA) is 34.9 Å². The second kappa shape index (κ2) is 6.40. The summed E-state index contributed by atoms with van der Waals surface area (Å²) in [6.45, 7) is 8.45. The zero-order valence-electron chi connectivity index (χ0n) is 12.4. The molecular formula is C16H16N2OS3. The Morgan fingerprint density at radius 3 is 2.91 bits per heavy atom. The Morgan fingerprint density at radius 1 is 1.45 bits per heavy atom. The monoisotopic (exact) mass is 348 g/mol. The van der Waals surface area contributed by atoms with Gasteiger partial charge < -0.3 is 0 Å². The molecule has 0 saturated heterocycles. The molecule has 3 rings (SSSR count). The fourth-order valence-electron chi connectivity index (χ4n) is 2.21. The second-order valence-electron chi connectivity index (χ2n) is 5.07. The van der Waals surface area contributed by atoms with Crippen LogP contribution in [0.3, 0.4) is 0 Å². The van der Waals surface area contributed by atoms with Crippen LogP contribution in [0.5, 0.6) is 0 Å². The van der Waals surface area contributed by atoms with Crippen LogP contribution < -0.4 is 5.56 Å². The molecule has 0 aromatic carbocycles. The molecule has 0 amide bonds. The number of thiophene rings is 2. The molecule has 0 aliphatic heterocycles. The van der Waals surface area contributed by atoms with Crippen molar-refractivity contribution >= 4 is 44.7 Å². The van der Waals surface area contributed by atoms with Gasteiger partial charge in [0.2, 0.25) is 0 Å². The Bertz CT molecular complexity index is 860. The van der Waals surface area contributed by atoms with Crippen molar-refractivity contribution in [3.63, 3.8) is 0 Å². The third kappa shape index (κ3) is 2.78. The van der Waals surface area contributed by atoms with Crippen molar-refractivity contribution in [1.82, 2.24) is 9.55 Å². The minimum atomic E-state index is 0.0256. The number of thioether (sulfide) groups is 1. The molecule has 0 aliphatic rings. The Kier molecular flexibility index (Phi) is 4.52. The van der Waals surface area contributed by atoms with Gasteiger partial charge in [-0.2, -0.15) is 0 Å². The summed E-state index contributed by atoms with van der Waals surface area (Å²) < 4.78 is 1.73. The highest BCUT2D eigenvalue weighted by Crippen LogP contribution is 2.34. The zero-order valence-corrected chi connectivity index (χ0v) is 14.9. The first-order valence-electron chi connectivity index (χ1n) is 6.95. The molecule has 0 fully saturated rings. The van der Waals surface area contributed by atoms with Gasteiger partial charge in [0.25, 0.3) is 5.56 Å². The van der Waals surface area contributed by atoms with Crippen LogP contribution in [0.4, 0.5) is 0 Å². The molecule has 3 heterocycles. The van der Waals surface area contributed by atoms with Crippen molar-refractivity contribution < 1.29 is 0 Å². The van der Waals surface area contributed by atoms with Crippen molar-refractivity contribution in [2.24, 2.45) is 0 Å². The van der Waals surface area contributed by atoms with Crippen LogP contribution in [0.15, 0.2) is 45.5 Å². The van der Waals surface area contributed by atoms with Crippen LogP contribution in [-0.4, -0.2) is 14.8 Å². The predicted molar refractivity (Wildman–Crippen MR) is 98.4 cm³/mol. The molecule has 0 unspecified atom stereocenters. The molecule has 0 spiro atoms. The van der Waals surface area contributed by atoms with E-state index in [1.54, 1.807) is 33.7 Å².